The molecule has 0 aliphatic heterocycles. The lowest BCUT2D eigenvalue weighted by Gasteiger charge is -2.35. The van der Waals surface area contributed by atoms with E-state index in [0.29, 0.717) is 17.8 Å². The molecule has 0 radical (unpaired) electrons. The van der Waals surface area contributed by atoms with Crippen LogP contribution in [-0.2, 0) is 19.3 Å². The van der Waals surface area contributed by atoms with Crippen LogP contribution in [0.15, 0.2) is 42.5 Å². The maximum atomic E-state index is 10.1. The van der Waals surface area contributed by atoms with E-state index in [1.54, 1.807) is 0 Å². The molecule has 1 atom stereocenters. The van der Waals surface area contributed by atoms with Crippen molar-refractivity contribution in [1.29, 1.82) is 0 Å². The van der Waals surface area contributed by atoms with Crippen molar-refractivity contribution in [2.24, 2.45) is 0 Å². The third-order valence-electron chi connectivity index (χ3n) is 5.56. The molecule has 27 heavy (non-hydrogen) atoms. The van der Waals surface area contributed by atoms with E-state index in [1.165, 1.54) is 28.8 Å². The number of rotatable bonds is 8. The molecule has 2 N–H and O–H groups in total. The molecule has 3 heteroatoms. The standard InChI is InChI=1S/C24H34N2O/c1-4-15-26(16-14-19-8-10-21(11-9-19)25-18(2)3)22-12-13-23-20(17-22)6-5-7-24(23)27/h5-11,18,22,25,27H,4,12-17H2,1-3H3. The van der Waals surface area contributed by atoms with Crippen molar-refractivity contribution < 1.29 is 5.11 Å². The number of phenolic OH excluding ortho intramolecular Hbond substituents is 1. The number of phenols is 1. The lowest BCUT2D eigenvalue weighted by Crippen LogP contribution is -2.41. The van der Waals surface area contributed by atoms with Crippen LogP contribution in [0.4, 0.5) is 5.69 Å². The summed E-state index contributed by atoms with van der Waals surface area (Å²) in [4.78, 5) is 2.66. The molecule has 0 amide bonds. The summed E-state index contributed by atoms with van der Waals surface area (Å²) in [6, 6.07) is 15.9. The Labute approximate surface area is 164 Å². The summed E-state index contributed by atoms with van der Waals surface area (Å²) in [7, 11) is 0. The van der Waals surface area contributed by atoms with Gasteiger partial charge in [-0.1, -0.05) is 31.2 Å². The van der Waals surface area contributed by atoms with E-state index in [4.69, 9.17) is 0 Å². The van der Waals surface area contributed by atoms with E-state index in [2.05, 4.69) is 61.3 Å². The van der Waals surface area contributed by atoms with Gasteiger partial charge in [0.25, 0.3) is 0 Å². The monoisotopic (exact) mass is 366 g/mol. The summed E-state index contributed by atoms with van der Waals surface area (Å²) in [6.45, 7) is 8.84. The molecular formula is C24H34N2O. The Morgan fingerprint density at radius 2 is 1.89 bits per heavy atom. The molecule has 0 spiro atoms. The normalized spacial score (nSPS) is 16.6. The van der Waals surface area contributed by atoms with Crippen molar-refractivity contribution >= 4 is 5.69 Å². The summed E-state index contributed by atoms with van der Waals surface area (Å²) in [5.74, 6) is 0.475. The summed E-state index contributed by atoms with van der Waals surface area (Å²) < 4.78 is 0. The second kappa shape index (κ2) is 9.27. The summed E-state index contributed by atoms with van der Waals surface area (Å²) in [5, 5.41) is 13.5. The van der Waals surface area contributed by atoms with Crippen LogP contribution in [0.2, 0.25) is 0 Å². The molecule has 3 nitrogen and oxygen atoms in total. The highest BCUT2D eigenvalue weighted by Crippen LogP contribution is 2.30. The van der Waals surface area contributed by atoms with Gasteiger partial charge < -0.3 is 10.4 Å². The molecular weight excluding hydrogens is 332 g/mol. The Balaban J connectivity index is 1.61. The zero-order chi connectivity index (χ0) is 19.2. The smallest absolute Gasteiger partial charge is 0.119 e. The Bertz CT molecular complexity index is 724. The second-order valence-electron chi connectivity index (χ2n) is 8.09. The number of nitrogens with zero attached hydrogens (tertiary/aromatic N) is 1. The topological polar surface area (TPSA) is 35.5 Å². The van der Waals surface area contributed by atoms with Crippen LogP contribution >= 0.6 is 0 Å². The molecule has 0 heterocycles. The third kappa shape index (κ3) is 5.26. The van der Waals surface area contributed by atoms with E-state index in [1.807, 2.05) is 12.1 Å². The highest BCUT2D eigenvalue weighted by Gasteiger charge is 2.25. The Morgan fingerprint density at radius 3 is 2.59 bits per heavy atom. The van der Waals surface area contributed by atoms with Crippen LogP contribution < -0.4 is 5.32 Å². The molecule has 1 unspecified atom stereocenters. The van der Waals surface area contributed by atoms with Crippen molar-refractivity contribution in [3.05, 3.63) is 59.2 Å². The predicted octanol–water partition coefficient (Wildman–Crippen LogP) is 5.02. The molecule has 2 aromatic rings. The van der Waals surface area contributed by atoms with Crippen LogP contribution in [-0.4, -0.2) is 35.2 Å². The summed E-state index contributed by atoms with van der Waals surface area (Å²) in [6.07, 6.45) is 5.46. The van der Waals surface area contributed by atoms with Gasteiger partial charge in [-0.3, -0.25) is 4.90 Å². The highest BCUT2D eigenvalue weighted by atomic mass is 16.3. The van der Waals surface area contributed by atoms with Crippen LogP contribution in [0.25, 0.3) is 0 Å². The highest BCUT2D eigenvalue weighted by molar-refractivity contribution is 5.45. The number of hydrogen-bond donors (Lipinski definition) is 2. The van der Waals surface area contributed by atoms with Crippen molar-refractivity contribution in [3.63, 3.8) is 0 Å². The van der Waals surface area contributed by atoms with Crippen LogP contribution in [0.3, 0.4) is 0 Å². The van der Waals surface area contributed by atoms with E-state index >= 15 is 0 Å². The second-order valence-corrected chi connectivity index (χ2v) is 8.09. The number of aromatic hydroxyl groups is 1. The SMILES string of the molecule is CCCN(CCc1ccc(NC(C)C)cc1)C1CCc2c(O)cccc2C1. The van der Waals surface area contributed by atoms with Gasteiger partial charge in [0.1, 0.15) is 5.75 Å². The summed E-state index contributed by atoms with van der Waals surface area (Å²) in [5.41, 5.74) is 5.09. The maximum Gasteiger partial charge on any atom is 0.119 e. The number of hydrogen-bond acceptors (Lipinski definition) is 3. The van der Waals surface area contributed by atoms with Crippen LogP contribution in [0, 0.1) is 0 Å². The van der Waals surface area contributed by atoms with Gasteiger partial charge in [0, 0.05) is 24.3 Å². The van der Waals surface area contributed by atoms with Gasteiger partial charge in [0.2, 0.25) is 0 Å². The molecule has 2 aromatic carbocycles. The molecule has 1 aliphatic rings. The largest absolute Gasteiger partial charge is 0.508 e. The van der Waals surface area contributed by atoms with Gasteiger partial charge in [-0.15, -0.1) is 0 Å². The van der Waals surface area contributed by atoms with Crippen molar-refractivity contribution in [3.8, 4) is 5.75 Å². The average Bonchev–Trinajstić information content (AvgIpc) is 2.66. The molecule has 3 rings (SSSR count). The van der Waals surface area contributed by atoms with E-state index in [9.17, 15) is 5.11 Å². The molecule has 0 fully saturated rings. The number of nitrogens with one attached hydrogen (secondary N) is 1. The van der Waals surface area contributed by atoms with Gasteiger partial charge in [-0.25, -0.2) is 0 Å². The Kier molecular flexibility index (Phi) is 6.78. The van der Waals surface area contributed by atoms with Gasteiger partial charge >= 0.3 is 0 Å². The molecule has 0 saturated heterocycles. The summed E-state index contributed by atoms with van der Waals surface area (Å²) >= 11 is 0. The molecule has 0 aromatic heterocycles. The van der Waals surface area contributed by atoms with Crippen molar-refractivity contribution in [1.82, 2.24) is 4.90 Å². The Hall–Kier alpha value is -2.00. The molecule has 0 bridgehead atoms. The van der Waals surface area contributed by atoms with Gasteiger partial charge in [-0.05, 0) is 87.4 Å². The van der Waals surface area contributed by atoms with E-state index in [0.717, 1.165) is 38.8 Å². The van der Waals surface area contributed by atoms with Crippen LogP contribution in [0.5, 0.6) is 5.75 Å². The lowest BCUT2D eigenvalue weighted by molar-refractivity contribution is 0.181. The minimum atomic E-state index is 0.463. The van der Waals surface area contributed by atoms with Crippen molar-refractivity contribution in [2.45, 2.75) is 65.0 Å². The minimum Gasteiger partial charge on any atom is -0.508 e. The molecule has 146 valence electrons. The minimum absolute atomic E-state index is 0.463. The number of anilines is 1. The zero-order valence-electron chi connectivity index (χ0n) is 17.0. The number of fused-ring (bicyclic) bond motifs is 1. The first-order chi connectivity index (χ1) is 13.1. The van der Waals surface area contributed by atoms with Crippen molar-refractivity contribution in [2.75, 3.05) is 18.4 Å². The molecule has 1 aliphatic carbocycles. The Morgan fingerprint density at radius 1 is 1.11 bits per heavy atom. The quantitative estimate of drug-likeness (QED) is 0.688. The first-order valence-electron chi connectivity index (χ1n) is 10.5. The fourth-order valence-electron chi connectivity index (χ4n) is 4.22. The average molecular weight is 367 g/mol. The maximum absolute atomic E-state index is 10.1. The fraction of sp³-hybridized carbons (Fsp3) is 0.500. The van der Waals surface area contributed by atoms with E-state index in [-0.39, 0.29) is 0 Å². The molecule has 0 saturated carbocycles. The third-order valence-corrected chi connectivity index (χ3v) is 5.56. The predicted molar refractivity (Wildman–Crippen MR) is 115 cm³/mol. The van der Waals surface area contributed by atoms with Gasteiger partial charge in [0.05, 0.1) is 0 Å². The van der Waals surface area contributed by atoms with Crippen LogP contribution in [0.1, 0.15) is 50.3 Å². The first-order valence-corrected chi connectivity index (χ1v) is 10.5. The fourth-order valence-corrected chi connectivity index (χ4v) is 4.22. The lowest BCUT2D eigenvalue weighted by atomic mass is 9.86. The zero-order valence-corrected chi connectivity index (χ0v) is 17.0. The van der Waals surface area contributed by atoms with E-state index < -0.39 is 0 Å². The van der Waals surface area contributed by atoms with Gasteiger partial charge in [-0.2, -0.15) is 0 Å². The number of benzene rings is 2. The van der Waals surface area contributed by atoms with Gasteiger partial charge in [0.15, 0.2) is 0 Å². The first kappa shape index (κ1) is 19.8.